The first-order valence-electron chi connectivity index (χ1n) is 4.98. The number of hydrogen-bond acceptors (Lipinski definition) is 4. The summed E-state index contributed by atoms with van der Waals surface area (Å²) in [6.07, 6.45) is 1.71. The number of anilines is 1. The summed E-state index contributed by atoms with van der Waals surface area (Å²) in [4.78, 5) is 19.5. The quantitative estimate of drug-likeness (QED) is 0.815. The number of carbonyl (C=O) groups is 1. The lowest BCUT2D eigenvalue weighted by molar-refractivity contribution is -0.136. The lowest BCUT2D eigenvalue weighted by Gasteiger charge is -2.18. The maximum atomic E-state index is 13.7. The predicted molar refractivity (Wildman–Crippen MR) is 56.9 cm³/mol. The van der Waals surface area contributed by atoms with Gasteiger partial charge in [-0.3, -0.25) is 4.79 Å². The second kappa shape index (κ2) is 5.39. The van der Waals surface area contributed by atoms with Crippen LogP contribution >= 0.6 is 0 Å². The smallest absolute Gasteiger partial charge is 0.305 e. The van der Waals surface area contributed by atoms with Gasteiger partial charge in [0.1, 0.15) is 6.33 Å². The van der Waals surface area contributed by atoms with Crippen LogP contribution in [0.5, 0.6) is 0 Å². The topological polar surface area (TPSA) is 66.3 Å². The summed E-state index contributed by atoms with van der Waals surface area (Å²) in [6, 6.07) is 0. The van der Waals surface area contributed by atoms with Crippen LogP contribution in [0.3, 0.4) is 0 Å². The van der Waals surface area contributed by atoms with E-state index in [9.17, 15) is 9.18 Å². The summed E-state index contributed by atoms with van der Waals surface area (Å²) < 4.78 is 13.7. The maximum Gasteiger partial charge on any atom is 0.305 e. The highest BCUT2D eigenvalue weighted by Gasteiger charge is 2.14. The molecule has 0 aliphatic rings. The first-order valence-corrected chi connectivity index (χ1v) is 4.98. The molecular formula is C10H14FN3O2. The van der Waals surface area contributed by atoms with Crippen molar-refractivity contribution in [1.29, 1.82) is 0 Å². The molecule has 0 radical (unpaired) electrons. The van der Waals surface area contributed by atoms with Gasteiger partial charge in [0.05, 0.1) is 12.1 Å². The monoisotopic (exact) mass is 227 g/mol. The van der Waals surface area contributed by atoms with Gasteiger partial charge in [-0.15, -0.1) is 0 Å². The van der Waals surface area contributed by atoms with Crippen LogP contribution < -0.4 is 4.90 Å². The molecule has 1 aromatic rings. The average molecular weight is 227 g/mol. The van der Waals surface area contributed by atoms with E-state index in [2.05, 4.69) is 9.97 Å². The molecule has 5 nitrogen and oxygen atoms in total. The fourth-order valence-corrected chi connectivity index (χ4v) is 1.28. The first-order chi connectivity index (χ1) is 7.56. The Morgan fingerprint density at radius 1 is 1.56 bits per heavy atom. The molecule has 16 heavy (non-hydrogen) atoms. The van der Waals surface area contributed by atoms with Gasteiger partial charge in [-0.25, -0.2) is 14.4 Å². The second-order valence-corrected chi connectivity index (χ2v) is 3.38. The summed E-state index contributed by atoms with van der Waals surface area (Å²) in [7, 11) is 1.60. The maximum absolute atomic E-state index is 13.7. The van der Waals surface area contributed by atoms with Gasteiger partial charge in [0.15, 0.2) is 11.6 Å². The van der Waals surface area contributed by atoms with E-state index < -0.39 is 11.8 Å². The highest BCUT2D eigenvalue weighted by atomic mass is 19.1. The third-order valence-corrected chi connectivity index (χ3v) is 2.20. The van der Waals surface area contributed by atoms with E-state index >= 15 is 0 Å². The number of rotatable bonds is 5. The number of hydrogen-bond donors (Lipinski definition) is 1. The van der Waals surface area contributed by atoms with Crippen LogP contribution in [0.1, 0.15) is 19.0 Å². The minimum atomic E-state index is -0.919. The van der Waals surface area contributed by atoms with Crippen molar-refractivity contribution in [3.8, 4) is 0 Å². The van der Waals surface area contributed by atoms with Crippen LogP contribution in [0, 0.1) is 5.82 Å². The van der Waals surface area contributed by atoms with Gasteiger partial charge >= 0.3 is 5.97 Å². The molecule has 0 atom stereocenters. The van der Waals surface area contributed by atoms with Crippen molar-refractivity contribution in [2.75, 3.05) is 18.5 Å². The molecule has 0 bridgehead atoms. The summed E-state index contributed by atoms with van der Waals surface area (Å²) >= 11 is 0. The highest BCUT2D eigenvalue weighted by molar-refractivity contribution is 5.67. The molecule has 0 saturated carbocycles. The number of nitrogens with zero attached hydrogens (tertiary/aromatic N) is 3. The molecule has 0 saturated heterocycles. The molecule has 0 aliphatic carbocycles. The molecule has 88 valence electrons. The van der Waals surface area contributed by atoms with Gasteiger partial charge in [-0.2, -0.15) is 0 Å². The van der Waals surface area contributed by atoms with Crippen LogP contribution in [0.15, 0.2) is 6.33 Å². The molecule has 0 aromatic carbocycles. The lowest BCUT2D eigenvalue weighted by Crippen LogP contribution is -2.23. The van der Waals surface area contributed by atoms with Crippen molar-refractivity contribution >= 4 is 11.8 Å². The summed E-state index contributed by atoms with van der Waals surface area (Å²) in [5, 5.41) is 8.53. The number of carboxylic acid groups (broad SMARTS) is 1. The van der Waals surface area contributed by atoms with Gasteiger partial charge < -0.3 is 10.0 Å². The van der Waals surface area contributed by atoms with Crippen LogP contribution in [0.4, 0.5) is 10.2 Å². The molecule has 0 spiro atoms. The minimum absolute atomic E-state index is 0.0542. The van der Waals surface area contributed by atoms with Gasteiger partial charge in [-0.05, 0) is 6.42 Å². The SMILES string of the molecule is CCc1ncnc(N(C)CCC(=O)O)c1F. The fraction of sp³-hybridized carbons (Fsp3) is 0.500. The van der Waals surface area contributed by atoms with Crippen molar-refractivity contribution < 1.29 is 14.3 Å². The standard InChI is InChI=1S/C10H14FN3O2/c1-3-7-9(11)10(13-6-12-7)14(2)5-4-8(15)16/h6H,3-5H2,1-2H3,(H,15,16). The van der Waals surface area contributed by atoms with E-state index in [1.165, 1.54) is 11.2 Å². The Kier molecular flexibility index (Phi) is 4.16. The molecule has 1 aromatic heterocycles. The van der Waals surface area contributed by atoms with Crippen LogP contribution in [0.25, 0.3) is 0 Å². The Morgan fingerprint density at radius 2 is 2.25 bits per heavy atom. The zero-order chi connectivity index (χ0) is 12.1. The van der Waals surface area contributed by atoms with E-state index in [1.807, 2.05) is 0 Å². The number of aliphatic carboxylic acids is 1. The first kappa shape index (κ1) is 12.4. The molecule has 6 heteroatoms. The third-order valence-electron chi connectivity index (χ3n) is 2.20. The van der Waals surface area contributed by atoms with Crippen LogP contribution in [-0.4, -0.2) is 34.6 Å². The summed E-state index contributed by atoms with van der Waals surface area (Å²) in [6.45, 7) is 2.01. The number of halogens is 1. The second-order valence-electron chi connectivity index (χ2n) is 3.38. The van der Waals surface area contributed by atoms with E-state index in [1.54, 1.807) is 14.0 Å². The zero-order valence-corrected chi connectivity index (χ0v) is 9.27. The average Bonchev–Trinajstić information content (AvgIpc) is 2.26. The van der Waals surface area contributed by atoms with Crippen molar-refractivity contribution in [3.05, 3.63) is 17.8 Å². The van der Waals surface area contributed by atoms with E-state index in [4.69, 9.17) is 5.11 Å². The fourth-order valence-electron chi connectivity index (χ4n) is 1.28. The van der Waals surface area contributed by atoms with Gasteiger partial charge in [0.2, 0.25) is 0 Å². The third kappa shape index (κ3) is 2.88. The lowest BCUT2D eigenvalue weighted by atomic mass is 10.3. The van der Waals surface area contributed by atoms with Crippen LogP contribution in [0.2, 0.25) is 0 Å². The number of aryl methyl sites for hydroxylation is 1. The molecular weight excluding hydrogens is 213 g/mol. The summed E-state index contributed by atoms with van der Waals surface area (Å²) in [5.74, 6) is -1.25. The number of carboxylic acids is 1. The van der Waals surface area contributed by atoms with Gasteiger partial charge in [-0.1, -0.05) is 6.92 Å². The van der Waals surface area contributed by atoms with Crippen molar-refractivity contribution in [3.63, 3.8) is 0 Å². The Labute approximate surface area is 92.9 Å². The molecule has 1 rings (SSSR count). The zero-order valence-electron chi connectivity index (χ0n) is 9.27. The van der Waals surface area contributed by atoms with Crippen molar-refractivity contribution in [2.45, 2.75) is 19.8 Å². The molecule has 0 unspecified atom stereocenters. The molecule has 0 fully saturated rings. The Hall–Kier alpha value is -1.72. The van der Waals surface area contributed by atoms with E-state index in [0.717, 1.165) is 0 Å². The van der Waals surface area contributed by atoms with Gasteiger partial charge in [0.25, 0.3) is 0 Å². The minimum Gasteiger partial charge on any atom is -0.481 e. The van der Waals surface area contributed by atoms with E-state index in [-0.39, 0.29) is 18.8 Å². The molecule has 0 aliphatic heterocycles. The normalized spacial score (nSPS) is 10.2. The largest absolute Gasteiger partial charge is 0.481 e. The van der Waals surface area contributed by atoms with Crippen molar-refractivity contribution in [2.24, 2.45) is 0 Å². The Morgan fingerprint density at radius 3 is 2.81 bits per heavy atom. The molecule has 0 amide bonds. The van der Waals surface area contributed by atoms with Gasteiger partial charge in [0, 0.05) is 13.6 Å². The Bertz CT molecular complexity index is 384. The van der Waals surface area contributed by atoms with E-state index in [0.29, 0.717) is 12.1 Å². The summed E-state index contributed by atoms with van der Waals surface area (Å²) in [5.41, 5.74) is 0.340. The Balaban J connectivity index is 2.82. The number of aromatic nitrogens is 2. The van der Waals surface area contributed by atoms with Crippen molar-refractivity contribution in [1.82, 2.24) is 9.97 Å². The molecule has 1 heterocycles. The molecule has 1 N–H and O–H groups in total. The van der Waals surface area contributed by atoms with Crippen LogP contribution in [-0.2, 0) is 11.2 Å². The highest BCUT2D eigenvalue weighted by Crippen LogP contribution is 2.16. The predicted octanol–water partition coefficient (Wildman–Crippen LogP) is 1.09.